The maximum Gasteiger partial charge on any atom is 0.408 e. The van der Waals surface area contributed by atoms with Crippen LogP contribution in [0.4, 0.5) is 4.79 Å². The number of amides is 1. The number of aromatic nitrogens is 2. The van der Waals surface area contributed by atoms with E-state index in [0.717, 1.165) is 12.1 Å². The highest BCUT2D eigenvalue weighted by atomic mass is 16.6. The number of aliphatic hydroxyl groups excluding tert-OH is 1. The van der Waals surface area contributed by atoms with Crippen molar-refractivity contribution in [3.8, 4) is 0 Å². The first-order valence-electron chi connectivity index (χ1n) is 6.68. The van der Waals surface area contributed by atoms with Crippen molar-refractivity contribution >= 4 is 6.09 Å². The van der Waals surface area contributed by atoms with Crippen LogP contribution in [0.5, 0.6) is 0 Å². The normalized spacial score (nSPS) is 13.1. The Balaban J connectivity index is 2.71. The van der Waals surface area contributed by atoms with E-state index in [1.54, 1.807) is 33.3 Å². The highest BCUT2D eigenvalue weighted by Crippen LogP contribution is 2.14. The summed E-state index contributed by atoms with van der Waals surface area (Å²) in [6.45, 7) is 6.39. The number of imidazole rings is 1. The van der Waals surface area contributed by atoms with E-state index in [-0.39, 0.29) is 6.61 Å². The average molecular weight is 284 g/mol. The molecule has 114 valence electrons. The molecule has 7 heteroatoms. The molecule has 0 aliphatic heterocycles. The van der Waals surface area contributed by atoms with Crippen LogP contribution in [0.1, 0.15) is 38.9 Å². The molecule has 1 unspecified atom stereocenters. The molecule has 0 aliphatic carbocycles. The fourth-order valence-electron chi connectivity index (χ4n) is 1.73. The van der Waals surface area contributed by atoms with Gasteiger partial charge in [0, 0.05) is 6.54 Å². The Hall–Kier alpha value is -1.60. The van der Waals surface area contributed by atoms with Crippen LogP contribution in [0, 0.1) is 0 Å². The number of hydrogen-bond acceptors (Lipinski definition) is 5. The van der Waals surface area contributed by atoms with Gasteiger partial charge in [0.1, 0.15) is 5.60 Å². The number of nitrogens with one attached hydrogen (secondary N) is 1. The molecule has 1 amide bonds. The third-order valence-electron chi connectivity index (χ3n) is 2.58. The molecule has 1 atom stereocenters. The molecule has 0 bridgehead atoms. The number of rotatable bonds is 6. The molecule has 0 aromatic carbocycles. The SMILES string of the molecule is CC(C)(C)OC(=O)NC(CO)c1cncn1CCCN. The predicted octanol–water partition coefficient (Wildman–Crippen LogP) is 0.790. The Kier molecular flexibility index (Phi) is 5.97. The third-order valence-corrected chi connectivity index (χ3v) is 2.58. The minimum Gasteiger partial charge on any atom is -0.444 e. The van der Waals surface area contributed by atoms with E-state index < -0.39 is 17.7 Å². The average Bonchev–Trinajstić information content (AvgIpc) is 2.79. The lowest BCUT2D eigenvalue weighted by Gasteiger charge is -2.23. The summed E-state index contributed by atoms with van der Waals surface area (Å²) in [7, 11) is 0. The van der Waals surface area contributed by atoms with Crippen molar-refractivity contribution in [2.24, 2.45) is 5.73 Å². The van der Waals surface area contributed by atoms with Gasteiger partial charge >= 0.3 is 6.09 Å². The van der Waals surface area contributed by atoms with Crippen LogP contribution < -0.4 is 11.1 Å². The molecule has 1 aromatic rings. The number of aryl methyl sites for hydroxylation is 1. The highest BCUT2D eigenvalue weighted by molar-refractivity contribution is 5.68. The second-order valence-electron chi connectivity index (χ2n) is 5.54. The van der Waals surface area contributed by atoms with Gasteiger partial charge in [0.15, 0.2) is 0 Å². The fraction of sp³-hybridized carbons (Fsp3) is 0.692. The second kappa shape index (κ2) is 7.25. The zero-order valence-electron chi connectivity index (χ0n) is 12.3. The lowest BCUT2D eigenvalue weighted by molar-refractivity contribution is 0.0479. The summed E-state index contributed by atoms with van der Waals surface area (Å²) in [6.07, 6.45) is 3.51. The molecular weight excluding hydrogens is 260 g/mol. The van der Waals surface area contributed by atoms with E-state index in [1.807, 2.05) is 4.57 Å². The maximum atomic E-state index is 11.8. The van der Waals surface area contributed by atoms with Crippen molar-refractivity contribution in [3.05, 3.63) is 18.2 Å². The first kappa shape index (κ1) is 16.5. The lowest BCUT2D eigenvalue weighted by atomic mass is 10.2. The minimum absolute atomic E-state index is 0.229. The van der Waals surface area contributed by atoms with Crippen LogP contribution in [-0.2, 0) is 11.3 Å². The highest BCUT2D eigenvalue weighted by Gasteiger charge is 2.22. The molecule has 4 N–H and O–H groups in total. The first-order chi connectivity index (χ1) is 9.37. The van der Waals surface area contributed by atoms with Crippen molar-refractivity contribution in [2.45, 2.75) is 45.4 Å². The summed E-state index contributed by atoms with van der Waals surface area (Å²) in [5.74, 6) is 0. The number of carbonyl (C=O) groups excluding carboxylic acids is 1. The fourth-order valence-corrected chi connectivity index (χ4v) is 1.73. The smallest absolute Gasteiger partial charge is 0.408 e. The summed E-state index contributed by atoms with van der Waals surface area (Å²) in [4.78, 5) is 15.8. The van der Waals surface area contributed by atoms with Crippen molar-refractivity contribution in [3.63, 3.8) is 0 Å². The molecule has 0 fully saturated rings. The largest absolute Gasteiger partial charge is 0.444 e. The zero-order chi connectivity index (χ0) is 15.2. The van der Waals surface area contributed by atoms with Gasteiger partial charge in [-0.2, -0.15) is 0 Å². The Morgan fingerprint density at radius 1 is 1.60 bits per heavy atom. The van der Waals surface area contributed by atoms with Crippen molar-refractivity contribution in [1.82, 2.24) is 14.9 Å². The van der Waals surface area contributed by atoms with Crippen LogP contribution in [0.15, 0.2) is 12.5 Å². The minimum atomic E-state index is -0.579. The Morgan fingerprint density at radius 2 is 2.30 bits per heavy atom. The van der Waals surface area contributed by atoms with E-state index >= 15 is 0 Å². The van der Waals surface area contributed by atoms with Gasteiger partial charge < -0.3 is 25.5 Å². The molecule has 0 spiro atoms. The number of alkyl carbamates (subject to hydrolysis) is 1. The van der Waals surface area contributed by atoms with Gasteiger partial charge in [-0.05, 0) is 33.7 Å². The van der Waals surface area contributed by atoms with Gasteiger partial charge in [0.25, 0.3) is 0 Å². The molecule has 0 radical (unpaired) electrons. The van der Waals surface area contributed by atoms with Gasteiger partial charge in [0.05, 0.1) is 30.9 Å². The summed E-state index contributed by atoms with van der Waals surface area (Å²) in [5, 5.41) is 12.1. The number of carbonyl (C=O) groups is 1. The van der Waals surface area contributed by atoms with Crippen molar-refractivity contribution in [1.29, 1.82) is 0 Å². The van der Waals surface area contributed by atoms with E-state index in [0.29, 0.717) is 13.1 Å². The van der Waals surface area contributed by atoms with Gasteiger partial charge in [-0.3, -0.25) is 0 Å². The Morgan fingerprint density at radius 3 is 2.85 bits per heavy atom. The molecule has 20 heavy (non-hydrogen) atoms. The van der Waals surface area contributed by atoms with Crippen LogP contribution in [0.3, 0.4) is 0 Å². The van der Waals surface area contributed by atoms with Crippen molar-refractivity contribution < 1.29 is 14.6 Å². The quantitative estimate of drug-likeness (QED) is 0.716. The Bertz CT molecular complexity index is 425. The van der Waals surface area contributed by atoms with E-state index in [1.165, 1.54) is 0 Å². The molecular formula is C13H24N4O3. The lowest BCUT2D eigenvalue weighted by Crippen LogP contribution is -2.37. The third kappa shape index (κ3) is 5.18. The topological polar surface area (TPSA) is 102 Å². The molecule has 1 rings (SSSR count). The summed E-state index contributed by atoms with van der Waals surface area (Å²) < 4.78 is 7.04. The maximum absolute atomic E-state index is 11.8. The zero-order valence-corrected chi connectivity index (χ0v) is 12.3. The second-order valence-corrected chi connectivity index (χ2v) is 5.54. The summed E-state index contributed by atoms with van der Waals surface area (Å²) in [5.41, 5.74) is 5.63. The van der Waals surface area contributed by atoms with E-state index in [2.05, 4.69) is 10.3 Å². The van der Waals surface area contributed by atoms with Crippen LogP contribution >= 0.6 is 0 Å². The summed E-state index contributed by atoms with van der Waals surface area (Å²) >= 11 is 0. The number of ether oxygens (including phenoxy) is 1. The number of nitrogens with zero attached hydrogens (tertiary/aromatic N) is 2. The predicted molar refractivity (Wildman–Crippen MR) is 75.1 cm³/mol. The van der Waals surface area contributed by atoms with E-state index in [4.69, 9.17) is 10.5 Å². The van der Waals surface area contributed by atoms with Gasteiger partial charge in [0.2, 0.25) is 0 Å². The molecule has 7 nitrogen and oxygen atoms in total. The standard InChI is InChI=1S/C13H24N4O3/c1-13(2,3)20-12(19)16-10(8-18)11-7-15-9-17(11)6-4-5-14/h7,9-10,18H,4-6,8,14H2,1-3H3,(H,16,19). The number of aliphatic hydroxyl groups is 1. The molecule has 1 aromatic heterocycles. The van der Waals surface area contributed by atoms with Gasteiger partial charge in [-0.25, -0.2) is 9.78 Å². The number of nitrogens with two attached hydrogens (primary N) is 1. The van der Waals surface area contributed by atoms with E-state index in [9.17, 15) is 9.90 Å². The monoisotopic (exact) mass is 284 g/mol. The van der Waals surface area contributed by atoms with Crippen LogP contribution in [-0.4, -0.2) is 39.5 Å². The molecule has 0 saturated heterocycles. The van der Waals surface area contributed by atoms with Crippen LogP contribution in [0.2, 0.25) is 0 Å². The molecule has 1 heterocycles. The van der Waals surface area contributed by atoms with Crippen molar-refractivity contribution in [2.75, 3.05) is 13.2 Å². The summed E-state index contributed by atoms with van der Waals surface area (Å²) in [6, 6.07) is -0.551. The first-order valence-corrected chi connectivity index (χ1v) is 6.68. The van der Waals surface area contributed by atoms with Crippen LogP contribution in [0.25, 0.3) is 0 Å². The van der Waals surface area contributed by atoms with Gasteiger partial charge in [-0.1, -0.05) is 0 Å². The Labute approximate surface area is 119 Å². The van der Waals surface area contributed by atoms with Gasteiger partial charge in [-0.15, -0.1) is 0 Å². The molecule has 0 saturated carbocycles. The molecule has 0 aliphatic rings. The number of hydrogen-bond donors (Lipinski definition) is 3.